The number of pyridine rings is 1. The van der Waals surface area contributed by atoms with E-state index in [9.17, 15) is 9.59 Å². The Hall–Kier alpha value is -1.89. The maximum Gasteiger partial charge on any atom is 0.307 e. The van der Waals surface area contributed by atoms with Crippen LogP contribution in [-0.2, 0) is 9.53 Å². The molecule has 0 radical (unpaired) electrons. The third-order valence-corrected chi connectivity index (χ3v) is 3.98. The van der Waals surface area contributed by atoms with Crippen molar-refractivity contribution in [3.05, 3.63) is 33.7 Å². The van der Waals surface area contributed by atoms with Crippen LogP contribution in [0, 0.1) is 13.8 Å². The minimum Gasteiger partial charge on any atom is -0.466 e. The molecule has 0 aliphatic heterocycles. The molecule has 23 heavy (non-hydrogen) atoms. The average molecular weight is 382 g/mol. The zero-order chi connectivity index (χ0) is 17.1. The molecule has 0 atom stereocenters. The van der Waals surface area contributed by atoms with E-state index in [0.717, 1.165) is 15.7 Å². The van der Waals surface area contributed by atoms with E-state index in [1.54, 1.807) is 18.4 Å². The molecule has 0 aliphatic rings. The van der Waals surface area contributed by atoms with Crippen molar-refractivity contribution in [3.8, 4) is 0 Å². The maximum atomic E-state index is 12.7. The van der Waals surface area contributed by atoms with Crippen molar-refractivity contribution in [1.82, 2.24) is 14.3 Å². The third kappa shape index (κ3) is 3.72. The van der Waals surface area contributed by atoms with Crippen molar-refractivity contribution in [1.29, 1.82) is 0 Å². The van der Waals surface area contributed by atoms with Crippen molar-refractivity contribution >= 4 is 33.5 Å². The van der Waals surface area contributed by atoms with E-state index in [1.807, 2.05) is 26.1 Å². The van der Waals surface area contributed by atoms with Crippen molar-refractivity contribution in [3.63, 3.8) is 0 Å². The van der Waals surface area contributed by atoms with Gasteiger partial charge in [-0.3, -0.25) is 14.0 Å². The quantitative estimate of drug-likeness (QED) is 0.746. The first kappa shape index (κ1) is 17.5. The highest BCUT2D eigenvalue weighted by molar-refractivity contribution is 9.10. The van der Waals surface area contributed by atoms with E-state index in [4.69, 9.17) is 4.74 Å². The summed E-state index contributed by atoms with van der Waals surface area (Å²) in [6.07, 6.45) is 2.00. The van der Waals surface area contributed by atoms with E-state index in [1.165, 1.54) is 4.90 Å². The van der Waals surface area contributed by atoms with Gasteiger partial charge in [0.1, 0.15) is 11.3 Å². The number of carbonyl (C=O) groups is 2. The average Bonchev–Trinajstić information content (AvgIpc) is 2.81. The summed E-state index contributed by atoms with van der Waals surface area (Å²) in [7, 11) is 1.67. The van der Waals surface area contributed by atoms with Gasteiger partial charge in [-0.05, 0) is 48.3 Å². The van der Waals surface area contributed by atoms with Gasteiger partial charge in [-0.2, -0.15) is 0 Å². The lowest BCUT2D eigenvalue weighted by atomic mass is 10.2. The van der Waals surface area contributed by atoms with Crippen LogP contribution in [0.15, 0.2) is 16.7 Å². The molecule has 2 heterocycles. The van der Waals surface area contributed by atoms with Crippen molar-refractivity contribution in [2.24, 2.45) is 0 Å². The number of hydrogen-bond donors (Lipinski definition) is 0. The number of fused-ring (bicyclic) bond motifs is 1. The molecule has 2 aromatic heterocycles. The number of amides is 1. The minimum absolute atomic E-state index is 0.170. The van der Waals surface area contributed by atoms with Crippen LogP contribution in [0.5, 0.6) is 0 Å². The molecular weight excluding hydrogens is 362 g/mol. The summed E-state index contributed by atoms with van der Waals surface area (Å²) >= 11 is 3.45. The van der Waals surface area contributed by atoms with Gasteiger partial charge in [0.05, 0.1) is 18.7 Å². The molecule has 0 saturated carbocycles. The molecule has 0 saturated heterocycles. The third-order valence-electron chi connectivity index (χ3n) is 3.55. The predicted octanol–water partition coefficient (Wildman–Crippen LogP) is 2.74. The molecule has 2 aromatic rings. The van der Waals surface area contributed by atoms with Crippen LogP contribution in [0.2, 0.25) is 0 Å². The molecule has 0 N–H and O–H groups in total. The molecule has 0 aromatic carbocycles. The van der Waals surface area contributed by atoms with E-state index in [-0.39, 0.29) is 18.3 Å². The lowest BCUT2D eigenvalue weighted by Gasteiger charge is -2.17. The van der Waals surface area contributed by atoms with Gasteiger partial charge in [0, 0.05) is 24.3 Å². The number of carbonyl (C=O) groups excluding carboxylic acids is 2. The first-order valence-electron chi connectivity index (χ1n) is 7.41. The lowest BCUT2D eigenvalue weighted by Crippen LogP contribution is -2.30. The van der Waals surface area contributed by atoms with Crippen molar-refractivity contribution in [2.45, 2.75) is 27.2 Å². The number of aromatic nitrogens is 2. The Morgan fingerprint density at radius 1 is 1.39 bits per heavy atom. The van der Waals surface area contributed by atoms with Crippen LogP contribution in [-0.4, -0.2) is 46.4 Å². The normalized spacial score (nSPS) is 10.8. The summed E-state index contributed by atoms with van der Waals surface area (Å²) in [5, 5.41) is 0. The Morgan fingerprint density at radius 3 is 2.74 bits per heavy atom. The highest BCUT2D eigenvalue weighted by atomic mass is 79.9. The zero-order valence-corrected chi connectivity index (χ0v) is 15.3. The maximum absolute atomic E-state index is 12.7. The second-order valence-corrected chi connectivity index (χ2v) is 6.28. The van der Waals surface area contributed by atoms with Gasteiger partial charge < -0.3 is 9.64 Å². The summed E-state index contributed by atoms with van der Waals surface area (Å²) in [4.78, 5) is 30.2. The van der Waals surface area contributed by atoms with E-state index < -0.39 is 0 Å². The van der Waals surface area contributed by atoms with Crippen LogP contribution < -0.4 is 0 Å². The van der Waals surface area contributed by atoms with E-state index in [0.29, 0.717) is 24.5 Å². The summed E-state index contributed by atoms with van der Waals surface area (Å²) in [5.41, 5.74) is 2.92. The van der Waals surface area contributed by atoms with E-state index in [2.05, 4.69) is 20.9 Å². The number of hydrogen-bond acceptors (Lipinski definition) is 4. The van der Waals surface area contributed by atoms with Crippen LogP contribution in [0.1, 0.15) is 35.1 Å². The Bertz CT molecular complexity index is 755. The Morgan fingerprint density at radius 2 is 2.09 bits per heavy atom. The first-order valence-corrected chi connectivity index (χ1v) is 8.20. The van der Waals surface area contributed by atoms with Gasteiger partial charge in [0.2, 0.25) is 0 Å². The second-order valence-electron chi connectivity index (χ2n) is 5.36. The number of nitrogens with zero attached hydrogens (tertiary/aromatic N) is 3. The largest absolute Gasteiger partial charge is 0.466 e. The zero-order valence-electron chi connectivity index (χ0n) is 13.7. The SMILES string of the molecule is CCOC(=O)CCN(C)C(=O)c1c(C)nc2c(C)cc(Br)cn12. The fraction of sp³-hybridized carbons (Fsp3) is 0.438. The van der Waals surface area contributed by atoms with Gasteiger partial charge in [0.15, 0.2) is 0 Å². The molecule has 2 rings (SSSR count). The standard InChI is InChI=1S/C16H20BrN3O3/c1-5-23-13(21)6-7-19(4)16(22)14-11(3)18-15-10(2)8-12(17)9-20(14)15/h8-9H,5-7H2,1-4H3. The predicted molar refractivity (Wildman–Crippen MR) is 90.6 cm³/mol. The number of imidazole rings is 1. The fourth-order valence-corrected chi connectivity index (χ4v) is 2.96. The number of aryl methyl sites for hydroxylation is 2. The molecule has 6 nitrogen and oxygen atoms in total. The Balaban J connectivity index is 2.27. The second kappa shape index (κ2) is 7.12. The lowest BCUT2D eigenvalue weighted by molar-refractivity contribution is -0.143. The molecule has 7 heteroatoms. The Labute approximate surface area is 143 Å². The van der Waals surface area contributed by atoms with Gasteiger partial charge in [-0.1, -0.05) is 0 Å². The topological polar surface area (TPSA) is 63.9 Å². The number of esters is 1. The fourth-order valence-electron chi connectivity index (χ4n) is 2.41. The number of halogens is 1. The van der Waals surface area contributed by atoms with E-state index >= 15 is 0 Å². The summed E-state index contributed by atoms with van der Waals surface area (Å²) < 4.78 is 7.56. The first-order chi connectivity index (χ1) is 10.8. The molecular formula is C16H20BrN3O3. The molecule has 1 amide bonds. The van der Waals surface area contributed by atoms with Crippen LogP contribution in [0.4, 0.5) is 0 Å². The summed E-state index contributed by atoms with van der Waals surface area (Å²) in [6.45, 7) is 6.17. The molecule has 0 spiro atoms. The smallest absolute Gasteiger partial charge is 0.307 e. The molecule has 0 unspecified atom stereocenters. The van der Waals surface area contributed by atoms with Crippen LogP contribution in [0.25, 0.3) is 5.65 Å². The molecule has 124 valence electrons. The molecule has 0 bridgehead atoms. The van der Waals surface area contributed by atoms with Gasteiger partial charge in [0.25, 0.3) is 5.91 Å². The highest BCUT2D eigenvalue weighted by Crippen LogP contribution is 2.21. The van der Waals surface area contributed by atoms with Crippen LogP contribution in [0.3, 0.4) is 0 Å². The Kier molecular flexibility index (Phi) is 5.41. The number of rotatable bonds is 5. The summed E-state index contributed by atoms with van der Waals surface area (Å²) in [6, 6.07) is 1.96. The minimum atomic E-state index is -0.305. The van der Waals surface area contributed by atoms with Gasteiger partial charge in [-0.15, -0.1) is 0 Å². The van der Waals surface area contributed by atoms with Gasteiger partial charge >= 0.3 is 5.97 Å². The monoisotopic (exact) mass is 381 g/mol. The summed E-state index contributed by atoms with van der Waals surface area (Å²) in [5.74, 6) is -0.475. The highest BCUT2D eigenvalue weighted by Gasteiger charge is 2.21. The van der Waals surface area contributed by atoms with Crippen molar-refractivity contribution in [2.75, 3.05) is 20.2 Å². The molecule has 0 aliphatic carbocycles. The van der Waals surface area contributed by atoms with Crippen molar-refractivity contribution < 1.29 is 14.3 Å². The van der Waals surface area contributed by atoms with Crippen LogP contribution >= 0.6 is 15.9 Å². The van der Waals surface area contributed by atoms with Gasteiger partial charge in [-0.25, -0.2) is 4.98 Å². The molecule has 0 fully saturated rings. The number of ether oxygens (including phenoxy) is 1.